The highest BCUT2D eigenvalue weighted by Gasteiger charge is 2.33. The molecule has 1 heterocycles. The fourth-order valence-electron chi connectivity index (χ4n) is 1.98. The highest BCUT2D eigenvalue weighted by Crippen LogP contribution is 2.16. The lowest BCUT2D eigenvalue weighted by atomic mass is 10.1. The van der Waals surface area contributed by atoms with E-state index >= 15 is 0 Å². The molecule has 2 rings (SSSR count). The summed E-state index contributed by atoms with van der Waals surface area (Å²) in [4.78, 5) is 11.3. The number of carboxylic acids is 1. The molecule has 1 aromatic heterocycles. The van der Waals surface area contributed by atoms with Crippen molar-refractivity contribution in [2.24, 2.45) is 0 Å². The topological polar surface area (TPSA) is 80.9 Å². The number of nitrogens with zero attached hydrogens (tertiary/aromatic N) is 4. The van der Waals surface area contributed by atoms with E-state index in [0.717, 1.165) is 12.8 Å². The number of aryl methyl sites for hydroxylation is 2. The third-order valence-electron chi connectivity index (χ3n) is 3.30. The summed E-state index contributed by atoms with van der Waals surface area (Å²) in [5.41, 5.74) is 0.120. The van der Waals surface area contributed by atoms with Crippen molar-refractivity contribution in [2.75, 3.05) is 0 Å². The maximum absolute atomic E-state index is 11.3. The van der Waals surface area contributed by atoms with Crippen molar-refractivity contribution < 1.29 is 9.90 Å². The molecule has 0 saturated heterocycles. The minimum atomic E-state index is -1.13. The van der Waals surface area contributed by atoms with Crippen molar-refractivity contribution in [2.45, 2.75) is 38.6 Å². The molecule has 6 heteroatoms. The van der Waals surface area contributed by atoms with Crippen LogP contribution in [0.1, 0.15) is 31.7 Å². The highest BCUT2D eigenvalue weighted by atomic mass is 16.4. The number of hydrogen-bond donors (Lipinski definition) is 1. The van der Waals surface area contributed by atoms with Gasteiger partial charge in [0.25, 0.3) is 0 Å². The fraction of sp³-hybridized carbons (Fsp3) is 0.429. The molecule has 2 aromatic rings. The molecule has 1 N–H and O–H groups in total. The van der Waals surface area contributed by atoms with Crippen LogP contribution in [0.5, 0.6) is 0 Å². The number of tetrazole rings is 1. The standard InChI is InChI=1S/C14H18N4O2/c1-14(2,13(19)20)18-12(15-16-17-18)10-6-9-11-7-4-3-5-8-11/h3-5,7-8H,6,9-10H2,1-2H3,(H,19,20). The summed E-state index contributed by atoms with van der Waals surface area (Å²) in [5.74, 6) is -0.345. The van der Waals surface area contributed by atoms with Crippen molar-refractivity contribution in [3.63, 3.8) is 0 Å². The molecule has 6 nitrogen and oxygen atoms in total. The second-order valence-corrected chi connectivity index (χ2v) is 5.21. The maximum Gasteiger partial charge on any atom is 0.331 e. The molecule has 0 bridgehead atoms. The summed E-state index contributed by atoms with van der Waals surface area (Å²) in [7, 11) is 0. The minimum Gasteiger partial charge on any atom is -0.479 e. The molecule has 0 fully saturated rings. The summed E-state index contributed by atoms with van der Waals surface area (Å²) in [5, 5.41) is 20.6. The Balaban J connectivity index is 2.01. The second kappa shape index (κ2) is 5.81. The summed E-state index contributed by atoms with van der Waals surface area (Å²) in [6.07, 6.45) is 2.44. The summed E-state index contributed by atoms with van der Waals surface area (Å²) in [6, 6.07) is 10.1. The highest BCUT2D eigenvalue weighted by molar-refractivity contribution is 5.75. The van der Waals surface area contributed by atoms with Gasteiger partial charge in [-0.3, -0.25) is 0 Å². The van der Waals surface area contributed by atoms with Crippen LogP contribution in [-0.4, -0.2) is 31.3 Å². The third-order valence-corrected chi connectivity index (χ3v) is 3.30. The van der Waals surface area contributed by atoms with Gasteiger partial charge in [-0.1, -0.05) is 30.3 Å². The molecule has 0 unspecified atom stereocenters. The van der Waals surface area contributed by atoms with Crippen molar-refractivity contribution in [1.29, 1.82) is 0 Å². The lowest BCUT2D eigenvalue weighted by Gasteiger charge is -2.20. The lowest BCUT2D eigenvalue weighted by Crippen LogP contribution is -2.38. The van der Waals surface area contributed by atoms with Crippen LogP contribution in [0.25, 0.3) is 0 Å². The first-order valence-electron chi connectivity index (χ1n) is 6.57. The van der Waals surface area contributed by atoms with Gasteiger partial charge in [-0.05, 0) is 42.7 Å². The molecule has 0 aliphatic rings. The second-order valence-electron chi connectivity index (χ2n) is 5.21. The first-order valence-corrected chi connectivity index (χ1v) is 6.57. The summed E-state index contributed by atoms with van der Waals surface area (Å²) < 4.78 is 1.39. The molecule has 0 radical (unpaired) electrons. The Morgan fingerprint density at radius 2 is 1.95 bits per heavy atom. The Morgan fingerprint density at radius 1 is 1.25 bits per heavy atom. The zero-order valence-corrected chi connectivity index (χ0v) is 11.7. The van der Waals surface area contributed by atoms with Crippen LogP contribution in [0.15, 0.2) is 30.3 Å². The van der Waals surface area contributed by atoms with Crippen molar-refractivity contribution >= 4 is 5.97 Å². The molecule has 0 aliphatic carbocycles. The predicted octanol–water partition coefficient (Wildman–Crippen LogP) is 1.67. The molecule has 0 amide bonds. The number of hydrogen-bond acceptors (Lipinski definition) is 4. The van der Waals surface area contributed by atoms with Crippen LogP contribution in [0.4, 0.5) is 0 Å². The molecular weight excluding hydrogens is 256 g/mol. The Bertz CT molecular complexity index is 578. The molecular formula is C14H18N4O2. The largest absolute Gasteiger partial charge is 0.479 e. The lowest BCUT2D eigenvalue weighted by molar-refractivity contribution is -0.146. The molecule has 0 atom stereocenters. The van der Waals surface area contributed by atoms with E-state index in [9.17, 15) is 9.90 Å². The maximum atomic E-state index is 11.3. The Hall–Kier alpha value is -2.24. The van der Waals surface area contributed by atoms with Gasteiger partial charge in [-0.2, -0.15) is 0 Å². The third kappa shape index (κ3) is 3.01. The van der Waals surface area contributed by atoms with E-state index in [4.69, 9.17) is 0 Å². The smallest absolute Gasteiger partial charge is 0.331 e. The fourth-order valence-corrected chi connectivity index (χ4v) is 1.98. The average molecular weight is 274 g/mol. The van der Waals surface area contributed by atoms with E-state index < -0.39 is 11.5 Å². The van der Waals surface area contributed by atoms with Crippen molar-refractivity contribution in [3.05, 3.63) is 41.7 Å². The van der Waals surface area contributed by atoms with Gasteiger partial charge in [0.2, 0.25) is 0 Å². The normalized spacial score (nSPS) is 11.5. The first kappa shape index (κ1) is 14.2. The quantitative estimate of drug-likeness (QED) is 0.866. The molecule has 1 aromatic carbocycles. The van der Waals surface area contributed by atoms with E-state index in [1.807, 2.05) is 18.2 Å². The van der Waals surface area contributed by atoms with Crippen LogP contribution in [0, 0.1) is 0 Å². The van der Waals surface area contributed by atoms with E-state index in [2.05, 4.69) is 27.7 Å². The summed E-state index contributed by atoms with van der Waals surface area (Å²) in [6.45, 7) is 3.18. The van der Waals surface area contributed by atoms with Crippen LogP contribution in [-0.2, 0) is 23.2 Å². The first-order chi connectivity index (χ1) is 9.51. The van der Waals surface area contributed by atoms with Gasteiger partial charge in [0, 0.05) is 6.42 Å². The van der Waals surface area contributed by atoms with E-state index in [1.54, 1.807) is 13.8 Å². The van der Waals surface area contributed by atoms with Gasteiger partial charge in [-0.25, -0.2) is 9.48 Å². The number of carboxylic acid groups (broad SMARTS) is 1. The number of aliphatic carboxylic acids is 1. The van der Waals surface area contributed by atoms with Crippen molar-refractivity contribution in [3.8, 4) is 0 Å². The minimum absolute atomic E-state index is 0.605. The molecule has 0 aliphatic heterocycles. The van der Waals surface area contributed by atoms with E-state index in [0.29, 0.717) is 12.2 Å². The number of aromatic nitrogens is 4. The predicted molar refractivity (Wildman–Crippen MR) is 73.2 cm³/mol. The monoisotopic (exact) mass is 274 g/mol. The van der Waals surface area contributed by atoms with Crippen LogP contribution in [0.2, 0.25) is 0 Å². The number of rotatable bonds is 6. The van der Waals surface area contributed by atoms with Crippen LogP contribution < -0.4 is 0 Å². The molecule has 20 heavy (non-hydrogen) atoms. The van der Waals surface area contributed by atoms with Gasteiger partial charge in [-0.15, -0.1) is 5.10 Å². The molecule has 106 valence electrons. The molecule has 0 spiro atoms. The van der Waals surface area contributed by atoms with Gasteiger partial charge in [0.15, 0.2) is 11.4 Å². The Kier molecular flexibility index (Phi) is 4.12. The van der Waals surface area contributed by atoms with Crippen LogP contribution >= 0.6 is 0 Å². The SMILES string of the molecule is CC(C)(C(=O)O)n1nnnc1CCCc1ccccc1. The van der Waals surface area contributed by atoms with Gasteiger partial charge in [0.1, 0.15) is 0 Å². The number of benzene rings is 1. The zero-order valence-electron chi connectivity index (χ0n) is 11.7. The average Bonchev–Trinajstić information content (AvgIpc) is 2.89. The Labute approximate surface area is 117 Å². The van der Waals surface area contributed by atoms with Gasteiger partial charge >= 0.3 is 5.97 Å². The van der Waals surface area contributed by atoms with Crippen LogP contribution in [0.3, 0.4) is 0 Å². The van der Waals surface area contributed by atoms with E-state index in [-0.39, 0.29) is 0 Å². The summed E-state index contributed by atoms with van der Waals surface area (Å²) >= 11 is 0. The molecule has 0 saturated carbocycles. The van der Waals surface area contributed by atoms with Crippen molar-refractivity contribution in [1.82, 2.24) is 20.2 Å². The number of carbonyl (C=O) groups is 1. The Morgan fingerprint density at radius 3 is 2.60 bits per heavy atom. The van der Waals surface area contributed by atoms with Gasteiger partial charge < -0.3 is 5.11 Å². The van der Waals surface area contributed by atoms with E-state index in [1.165, 1.54) is 10.2 Å². The zero-order chi connectivity index (χ0) is 14.6. The van der Waals surface area contributed by atoms with Gasteiger partial charge in [0.05, 0.1) is 0 Å².